The van der Waals surface area contributed by atoms with Crippen LogP contribution in [0.4, 0.5) is 4.79 Å². The number of amides is 1. The lowest BCUT2D eigenvalue weighted by molar-refractivity contribution is -0.150. The molecule has 0 radical (unpaired) electrons. The zero-order valence-corrected chi connectivity index (χ0v) is 24.9. The predicted molar refractivity (Wildman–Crippen MR) is 150 cm³/mol. The summed E-state index contributed by atoms with van der Waals surface area (Å²) < 4.78 is 5.50. The highest BCUT2D eigenvalue weighted by atomic mass is 16.7. The van der Waals surface area contributed by atoms with Crippen molar-refractivity contribution >= 4 is 23.6 Å². The molecule has 0 spiro atoms. The number of oxime groups is 1. The first-order valence-corrected chi connectivity index (χ1v) is 15.3. The van der Waals surface area contributed by atoms with Crippen molar-refractivity contribution in [1.29, 1.82) is 0 Å². The van der Waals surface area contributed by atoms with Crippen molar-refractivity contribution in [2.75, 3.05) is 13.1 Å². The standard InChI is InChI=1S/C32H48N2O5/c1-20(33-39-28(36)21-8-7-17-34(19-21)29(37)38-30(2,3)4)25-11-12-26-24-10-9-22-18-23(35)13-15-31(22,5)27(24)14-16-32(25,26)6/h18,21,24-27H,7-17,19H2,1-6H3/b33-20+/t21?,24-,25+,26-,27-,31-,32+/m0/s1. The van der Waals surface area contributed by atoms with Gasteiger partial charge in [0, 0.05) is 25.4 Å². The van der Waals surface area contributed by atoms with E-state index in [1.54, 1.807) is 4.90 Å². The summed E-state index contributed by atoms with van der Waals surface area (Å²) in [6.07, 6.45) is 11.7. The SMILES string of the molecule is C/C(=N\OC(=O)C1CCCN(C(=O)OC(C)(C)C)C1)[C@H]1CC[C@H]2[C@@H]3CCC4=CC(=O)CC[C@]4(C)[C@H]3CC[C@]12C. The molecule has 3 saturated carbocycles. The minimum atomic E-state index is -0.565. The maximum atomic E-state index is 13.0. The van der Waals surface area contributed by atoms with Crippen molar-refractivity contribution < 1.29 is 24.0 Å². The van der Waals surface area contributed by atoms with E-state index in [0.717, 1.165) is 37.8 Å². The molecule has 0 bridgehead atoms. The molecule has 7 nitrogen and oxygen atoms in total. The van der Waals surface area contributed by atoms with Crippen molar-refractivity contribution in [2.24, 2.45) is 45.6 Å². The van der Waals surface area contributed by atoms with Gasteiger partial charge >= 0.3 is 12.1 Å². The monoisotopic (exact) mass is 540 g/mol. The summed E-state index contributed by atoms with van der Waals surface area (Å²) in [5.74, 6) is 1.92. The van der Waals surface area contributed by atoms with Crippen LogP contribution in [0, 0.1) is 40.4 Å². The summed E-state index contributed by atoms with van der Waals surface area (Å²) in [7, 11) is 0. The van der Waals surface area contributed by atoms with Crippen LogP contribution >= 0.6 is 0 Å². The Morgan fingerprint density at radius 3 is 2.54 bits per heavy atom. The molecular weight excluding hydrogens is 492 g/mol. The minimum absolute atomic E-state index is 0.168. The van der Waals surface area contributed by atoms with E-state index in [-0.39, 0.29) is 28.8 Å². The van der Waals surface area contributed by atoms with Crippen LogP contribution in [0.1, 0.15) is 106 Å². The van der Waals surface area contributed by atoms with Crippen LogP contribution in [0.5, 0.6) is 0 Å². The van der Waals surface area contributed by atoms with Gasteiger partial charge in [-0.3, -0.25) is 4.79 Å². The summed E-state index contributed by atoms with van der Waals surface area (Å²) >= 11 is 0. The second kappa shape index (κ2) is 10.3. The highest BCUT2D eigenvalue weighted by molar-refractivity contribution is 5.91. The van der Waals surface area contributed by atoms with Crippen LogP contribution in [0.2, 0.25) is 0 Å². The largest absolute Gasteiger partial charge is 0.444 e. The van der Waals surface area contributed by atoms with Gasteiger partial charge in [-0.05, 0) is 120 Å². The Balaban J connectivity index is 1.22. The Morgan fingerprint density at radius 2 is 1.79 bits per heavy atom. The van der Waals surface area contributed by atoms with Gasteiger partial charge in [0.2, 0.25) is 0 Å². The third kappa shape index (κ3) is 5.31. The lowest BCUT2D eigenvalue weighted by Crippen LogP contribution is -2.51. The van der Waals surface area contributed by atoms with E-state index in [1.807, 2.05) is 33.8 Å². The second-order valence-electron chi connectivity index (χ2n) is 14.6. The van der Waals surface area contributed by atoms with Gasteiger partial charge in [0.25, 0.3) is 0 Å². The molecule has 0 aromatic carbocycles. The fraction of sp³-hybridized carbons (Fsp3) is 0.812. The Labute approximate surface area is 234 Å². The van der Waals surface area contributed by atoms with Gasteiger partial charge in [-0.1, -0.05) is 24.6 Å². The zero-order chi connectivity index (χ0) is 28.2. The first-order chi connectivity index (χ1) is 18.3. The maximum Gasteiger partial charge on any atom is 0.410 e. The van der Waals surface area contributed by atoms with Crippen LogP contribution in [-0.2, 0) is 19.2 Å². The average molecular weight is 541 g/mol. The molecule has 1 heterocycles. The molecule has 1 aliphatic heterocycles. The number of hydrogen-bond acceptors (Lipinski definition) is 6. The number of allylic oxidation sites excluding steroid dienone is 1. The van der Waals surface area contributed by atoms with Crippen LogP contribution in [-0.4, -0.2) is 47.1 Å². The summed E-state index contributed by atoms with van der Waals surface area (Å²) in [4.78, 5) is 44.8. The average Bonchev–Trinajstić information content (AvgIpc) is 3.24. The molecule has 4 fully saturated rings. The molecule has 1 unspecified atom stereocenters. The predicted octanol–water partition coefficient (Wildman–Crippen LogP) is 6.70. The van der Waals surface area contributed by atoms with Crippen LogP contribution < -0.4 is 0 Å². The molecule has 216 valence electrons. The normalized spacial score (nSPS) is 38.8. The number of carbonyl (C=O) groups excluding carboxylic acids is 3. The van der Waals surface area contributed by atoms with Crippen molar-refractivity contribution in [1.82, 2.24) is 4.90 Å². The van der Waals surface area contributed by atoms with Gasteiger partial charge in [-0.25, -0.2) is 9.59 Å². The molecule has 7 atom stereocenters. The number of carbonyl (C=O) groups is 3. The third-order valence-corrected chi connectivity index (χ3v) is 11.2. The molecule has 0 aromatic rings. The molecule has 0 N–H and O–H groups in total. The van der Waals surface area contributed by atoms with Crippen LogP contribution in [0.3, 0.4) is 0 Å². The van der Waals surface area contributed by atoms with E-state index in [2.05, 4.69) is 19.0 Å². The molecule has 5 aliphatic rings. The van der Waals surface area contributed by atoms with Crippen molar-refractivity contribution in [3.8, 4) is 0 Å². The number of piperidine rings is 1. The first-order valence-electron chi connectivity index (χ1n) is 15.3. The van der Waals surface area contributed by atoms with Gasteiger partial charge in [0.15, 0.2) is 5.78 Å². The van der Waals surface area contributed by atoms with E-state index >= 15 is 0 Å². The quantitative estimate of drug-likeness (QED) is 0.226. The van der Waals surface area contributed by atoms with Gasteiger partial charge in [0.1, 0.15) is 5.60 Å². The van der Waals surface area contributed by atoms with E-state index in [0.29, 0.717) is 55.4 Å². The molecule has 39 heavy (non-hydrogen) atoms. The summed E-state index contributed by atoms with van der Waals surface area (Å²) in [5, 5.41) is 4.42. The molecule has 1 saturated heterocycles. The Bertz CT molecular complexity index is 1070. The molecule has 0 aromatic heterocycles. The number of hydrogen-bond donors (Lipinski definition) is 0. The van der Waals surface area contributed by atoms with Crippen LogP contribution in [0.25, 0.3) is 0 Å². The van der Waals surface area contributed by atoms with Gasteiger partial charge in [-0.15, -0.1) is 0 Å². The van der Waals surface area contributed by atoms with Crippen molar-refractivity contribution in [2.45, 2.75) is 111 Å². The topological polar surface area (TPSA) is 85.3 Å². The van der Waals surface area contributed by atoms with E-state index in [1.165, 1.54) is 24.8 Å². The highest BCUT2D eigenvalue weighted by Crippen LogP contribution is 2.66. The van der Waals surface area contributed by atoms with Gasteiger partial charge < -0.3 is 14.5 Å². The lowest BCUT2D eigenvalue weighted by Gasteiger charge is -2.58. The Kier molecular flexibility index (Phi) is 7.51. The number of fused-ring (bicyclic) bond motifs is 5. The molecular formula is C32H48N2O5. The summed E-state index contributed by atoms with van der Waals surface area (Å²) in [5.41, 5.74) is 2.13. The van der Waals surface area contributed by atoms with E-state index in [4.69, 9.17) is 9.57 Å². The summed E-state index contributed by atoms with van der Waals surface area (Å²) in [6.45, 7) is 13.4. The second-order valence-corrected chi connectivity index (χ2v) is 14.6. The number of rotatable bonds is 3. The smallest absolute Gasteiger partial charge is 0.410 e. The van der Waals surface area contributed by atoms with Crippen molar-refractivity contribution in [3.05, 3.63) is 11.6 Å². The Hall–Kier alpha value is -2.18. The first kappa shape index (κ1) is 28.4. The van der Waals surface area contributed by atoms with Crippen LogP contribution in [0.15, 0.2) is 16.8 Å². The minimum Gasteiger partial charge on any atom is -0.444 e. The number of nitrogens with zero attached hydrogens (tertiary/aromatic N) is 2. The zero-order valence-electron chi connectivity index (χ0n) is 24.9. The summed E-state index contributed by atoms with van der Waals surface area (Å²) in [6, 6.07) is 0. The molecule has 7 heteroatoms. The number of ether oxygens (including phenoxy) is 1. The number of ketones is 1. The van der Waals surface area contributed by atoms with Gasteiger partial charge in [0.05, 0.1) is 11.6 Å². The van der Waals surface area contributed by atoms with E-state index < -0.39 is 5.60 Å². The fourth-order valence-corrected chi connectivity index (χ4v) is 9.16. The third-order valence-electron chi connectivity index (χ3n) is 11.2. The van der Waals surface area contributed by atoms with E-state index in [9.17, 15) is 14.4 Å². The molecule has 1 amide bonds. The number of likely N-dealkylation sites (tertiary alicyclic amines) is 1. The Morgan fingerprint density at radius 1 is 1.03 bits per heavy atom. The molecule has 5 rings (SSSR count). The van der Waals surface area contributed by atoms with Crippen molar-refractivity contribution in [3.63, 3.8) is 0 Å². The highest BCUT2D eigenvalue weighted by Gasteiger charge is 2.59. The van der Waals surface area contributed by atoms with Gasteiger partial charge in [-0.2, -0.15) is 0 Å². The lowest BCUT2D eigenvalue weighted by atomic mass is 9.46. The molecule has 4 aliphatic carbocycles. The maximum absolute atomic E-state index is 13.0. The fourth-order valence-electron chi connectivity index (χ4n) is 9.16.